The lowest BCUT2D eigenvalue weighted by molar-refractivity contribution is -0.142. The molecular formula is C20H14F3N3S. The zero-order chi connectivity index (χ0) is 19.0. The molecule has 7 heteroatoms. The smallest absolute Gasteiger partial charge is 0.218 e. The third-order valence-electron chi connectivity index (χ3n) is 4.08. The summed E-state index contributed by atoms with van der Waals surface area (Å²) in [7, 11) is 0. The third-order valence-corrected chi connectivity index (χ3v) is 5.03. The van der Waals surface area contributed by atoms with Crippen molar-refractivity contribution >= 4 is 11.3 Å². The number of aromatic nitrogens is 3. The van der Waals surface area contributed by atoms with Gasteiger partial charge in [-0.1, -0.05) is 72.0 Å². The first kappa shape index (κ1) is 17.5. The molecule has 0 fully saturated rings. The summed E-state index contributed by atoms with van der Waals surface area (Å²) < 4.78 is 41.7. The molecule has 0 saturated carbocycles. The molecule has 0 aliphatic carbocycles. The minimum Gasteiger partial charge on any atom is -0.218 e. The molecule has 0 aliphatic rings. The Morgan fingerprint density at radius 3 is 2.07 bits per heavy atom. The predicted octanol–water partition coefficient (Wildman–Crippen LogP) is 5.99. The number of aryl methyl sites for hydroxylation is 1. The molecule has 0 unspecified atom stereocenters. The molecule has 0 saturated heterocycles. The fourth-order valence-electron chi connectivity index (χ4n) is 2.82. The maximum Gasteiger partial charge on any atom is 0.433 e. The monoisotopic (exact) mass is 385 g/mol. The van der Waals surface area contributed by atoms with Crippen molar-refractivity contribution in [3.8, 4) is 27.6 Å². The number of benzene rings is 2. The van der Waals surface area contributed by atoms with Crippen LogP contribution in [0.4, 0.5) is 13.2 Å². The van der Waals surface area contributed by atoms with Crippen molar-refractivity contribution in [3.63, 3.8) is 0 Å². The predicted molar refractivity (Wildman–Crippen MR) is 99.8 cm³/mol. The lowest BCUT2D eigenvalue weighted by Crippen LogP contribution is -2.13. The standard InChI is InChI=1S/C20H14F3N3S/c1-13-18(15-10-6-3-7-11-15)24-19(27-13)26-17(20(21,22)23)12-16(25-26)14-8-4-2-5-9-14/h2-12H,1H3. The molecule has 0 atom stereocenters. The summed E-state index contributed by atoms with van der Waals surface area (Å²) in [5, 5.41) is 4.41. The van der Waals surface area contributed by atoms with Gasteiger partial charge in [-0.25, -0.2) is 9.67 Å². The van der Waals surface area contributed by atoms with E-state index in [1.165, 1.54) is 11.3 Å². The number of halogens is 3. The first-order chi connectivity index (χ1) is 12.9. The van der Waals surface area contributed by atoms with Gasteiger partial charge in [0.05, 0.1) is 11.4 Å². The highest BCUT2D eigenvalue weighted by Gasteiger charge is 2.37. The molecule has 0 N–H and O–H groups in total. The van der Waals surface area contributed by atoms with Crippen LogP contribution in [0.25, 0.3) is 27.6 Å². The van der Waals surface area contributed by atoms with Crippen LogP contribution in [0.2, 0.25) is 0 Å². The largest absolute Gasteiger partial charge is 0.433 e. The summed E-state index contributed by atoms with van der Waals surface area (Å²) in [6, 6.07) is 19.3. The van der Waals surface area contributed by atoms with E-state index in [0.717, 1.165) is 21.2 Å². The average molecular weight is 385 g/mol. The second-order valence-electron chi connectivity index (χ2n) is 5.96. The van der Waals surface area contributed by atoms with Gasteiger partial charge in [-0.3, -0.25) is 0 Å². The van der Waals surface area contributed by atoms with E-state index in [9.17, 15) is 13.2 Å². The van der Waals surface area contributed by atoms with Crippen molar-refractivity contribution < 1.29 is 13.2 Å². The van der Waals surface area contributed by atoms with E-state index < -0.39 is 11.9 Å². The zero-order valence-electron chi connectivity index (χ0n) is 14.2. The summed E-state index contributed by atoms with van der Waals surface area (Å²) in [5.41, 5.74) is 1.58. The van der Waals surface area contributed by atoms with E-state index in [1.807, 2.05) is 43.3 Å². The van der Waals surface area contributed by atoms with E-state index in [1.54, 1.807) is 24.3 Å². The van der Waals surface area contributed by atoms with Gasteiger partial charge < -0.3 is 0 Å². The SMILES string of the molecule is Cc1sc(-n2nc(-c3ccccc3)cc2C(F)(F)F)nc1-c1ccccc1. The quantitative estimate of drug-likeness (QED) is 0.434. The molecule has 136 valence electrons. The molecule has 27 heavy (non-hydrogen) atoms. The number of hydrogen-bond acceptors (Lipinski definition) is 3. The first-order valence-corrected chi connectivity index (χ1v) is 9.01. The molecule has 2 aromatic heterocycles. The highest BCUT2D eigenvalue weighted by Crippen LogP contribution is 2.36. The molecule has 0 amide bonds. The molecule has 0 radical (unpaired) electrons. The van der Waals surface area contributed by atoms with E-state index in [4.69, 9.17) is 0 Å². The summed E-state index contributed by atoms with van der Waals surface area (Å²) in [4.78, 5) is 5.28. The van der Waals surface area contributed by atoms with Gasteiger partial charge in [0, 0.05) is 16.0 Å². The number of nitrogens with zero attached hydrogens (tertiary/aromatic N) is 3. The maximum atomic E-state index is 13.6. The van der Waals surface area contributed by atoms with Crippen molar-refractivity contribution in [2.24, 2.45) is 0 Å². The molecule has 4 rings (SSSR count). The van der Waals surface area contributed by atoms with E-state index in [-0.39, 0.29) is 10.8 Å². The molecule has 3 nitrogen and oxygen atoms in total. The topological polar surface area (TPSA) is 30.7 Å². The highest BCUT2D eigenvalue weighted by molar-refractivity contribution is 7.14. The van der Waals surface area contributed by atoms with Crippen molar-refractivity contribution in [2.75, 3.05) is 0 Å². The van der Waals surface area contributed by atoms with Gasteiger partial charge in [0.1, 0.15) is 0 Å². The molecule has 0 bridgehead atoms. The molecule has 4 aromatic rings. The Morgan fingerprint density at radius 1 is 0.889 bits per heavy atom. The number of alkyl halides is 3. The minimum absolute atomic E-state index is 0.195. The van der Waals surface area contributed by atoms with Gasteiger partial charge in [-0.05, 0) is 13.0 Å². The maximum absolute atomic E-state index is 13.6. The Kier molecular flexibility index (Phi) is 4.31. The van der Waals surface area contributed by atoms with Gasteiger partial charge >= 0.3 is 6.18 Å². The number of thiazole rings is 1. The van der Waals surface area contributed by atoms with Crippen molar-refractivity contribution in [2.45, 2.75) is 13.1 Å². The van der Waals surface area contributed by atoms with Gasteiger partial charge in [-0.2, -0.15) is 18.3 Å². The van der Waals surface area contributed by atoms with Crippen LogP contribution in [0.3, 0.4) is 0 Å². The van der Waals surface area contributed by atoms with E-state index >= 15 is 0 Å². The molecule has 0 spiro atoms. The third kappa shape index (κ3) is 3.38. The zero-order valence-corrected chi connectivity index (χ0v) is 15.1. The van der Waals surface area contributed by atoms with Crippen molar-refractivity contribution in [1.82, 2.24) is 14.8 Å². The Hall–Kier alpha value is -2.93. The Balaban J connectivity index is 1.85. The lowest BCUT2D eigenvalue weighted by atomic mass is 10.1. The van der Waals surface area contributed by atoms with Gasteiger partial charge in [0.15, 0.2) is 5.69 Å². The fraction of sp³-hybridized carbons (Fsp3) is 0.100. The molecule has 0 aliphatic heterocycles. The average Bonchev–Trinajstić information content (AvgIpc) is 3.27. The van der Waals surface area contributed by atoms with Crippen LogP contribution in [-0.2, 0) is 6.18 Å². The first-order valence-electron chi connectivity index (χ1n) is 8.19. The van der Waals surface area contributed by atoms with Gasteiger partial charge in [0.25, 0.3) is 0 Å². The van der Waals surface area contributed by atoms with Crippen LogP contribution >= 0.6 is 11.3 Å². The molecule has 2 aromatic carbocycles. The summed E-state index contributed by atoms with van der Waals surface area (Å²) in [6.45, 7) is 1.85. The van der Waals surface area contributed by atoms with Crippen LogP contribution in [0.15, 0.2) is 66.7 Å². The fourth-order valence-corrected chi connectivity index (χ4v) is 3.71. The highest BCUT2D eigenvalue weighted by atomic mass is 32.1. The lowest BCUT2D eigenvalue weighted by Gasteiger charge is -2.07. The van der Waals surface area contributed by atoms with Crippen LogP contribution in [0.5, 0.6) is 0 Å². The normalized spacial score (nSPS) is 11.7. The van der Waals surface area contributed by atoms with Crippen LogP contribution in [-0.4, -0.2) is 14.8 Å². The van der Waals surface area contributed by atoms with E-state index in [2.05, 4.69) is 10.1 Å². The van der Waals surface area contributed by atoms with Gasteiger partial charge in [0.2, 0.25) is 5.13 Å². The number of hydrogen-bond donors (Lipinski definition) is 0. The second-order valence-corrected chi connectivity index (χ2v) is 7.14. The van der Waals surface area contributed by atoms with Crippen molar-refractivity contribution in [3.05, 3.63) is 77.3 Å². The Labute approximate surface area is 157 Å². The summed E-state index contributed by atoms with van der Waals surface area (Å²) in [6.07, 6.45) is -4.54. The van der Waals surface area contributed by atoms with Crippen LogP contribution in [0.1, 0.15) is 10.6 Å². The van der Waals surface area contributed by atoms with Crippen LogP contribution < -0.4 is 0 Å². The van der Waals surface area contributed by atoms with Crippen molar-refractivity contribution in [1.29, 1.82) is 0 Å². The van der Waals surface area contributed by atoms with Gasteiger partial charge in [-0.15, -0.1) is 0 Å². The Morgan fingerprint density at radius 2 is 1.48 bits per heavy atom. The Bertz CT molecular complexity index is 1070. The minimum atomic E-state index is -4.54. The second kappa shape index (κ2) is 6.66. The van der Waals surface area contributed by atoms with Crippen LogP contribution in [0, 0.1) is 6.92 Å². The van der Waals surface area contributed by atoms with E-state index in [0.29, 0.717) is 11.3 Å². The molecular weight excluding hydrogens is 371 g/mol. The number of rotatable bonds is 3. The summed E-state index contributed by atoms with van der Waals surface area (Å²) in [5.74, 6) is 0. The summed E-state index contributed by atoms with van der Waals surface area (Å²) >= 11 is 1.19. The molecule has 2 heterocycles.